The zero-order valence-corrected chi connectivity index (χ0v) is 48.7. The van der Waals surface area contributed by atoms with Crippen LogP contribution < -0.4 is 42.8 Å². The van der Waals surface area contributed by atoms with E-state index in [1.807, 2.05) is 48.5 Å². The SMILES string of the molecule is CC[C@@]1(O)C(=O)OCc2c1cc1n(c2=O)Cc2c-1nc1cc(F)c(C)c3c1c2[C@@H](NC(=O)COCNC(=O)CNC(=O)[C@H](Cc1ccccc1)NC(=O)CNC(=O)CNC(=O)[C@@H](CCCCN=[N+]=[N-])NC(=O)OCC1c2ccccc2-c2ccccc21)CC3. The van der Waals surface area contributed by atoms with Crippen LogP contribution in [0.3, 0.4) is 0 Å². The van der Waals surface area contributed by atoms with E-state index in [-0.39, 0.29) is 62.6 Å². The van der Waals surface area contributed by atoms with Crippen molar-refractivity contribution in [1.29, 1.82) is 0 Å². The fourth-order valence-corrected chi connectivity index (χ4v) is 12.0. The number of hydrogen-bond donors (Lipinski definition) is 8. The van der Waals surface area contributed by atoms with Gasteiger partial charge in [-0.25, -0.2) is 19.0 Å². The van der Waals surface area contributed by atoms with Gasteiger partial charge in [0.05, 0.1) is 54.7 Å². The molecule has 4 heterocycles. The average Bonchev–Trinajstić information content (AvgIpc) is 1.66. The Balaban J connectivity index is 0.692. The molecule has 2 aliphatic carbocycles. The van der Waals surface area contributed by atoms with E-state index in [1.54, 1.807) is 50.2 Å². The second-order valence-corrected chi connectivity index (χ2v) is 22.1. The summed E-state index contributed by atoms with van der Waals surface area (Å²) in [5.74, 6) is -5.84. The molecule has 4 aromatic carbocycles. The summed E-state index contributed by atoms with van der Waals surface area (Å²) >= 11 is 0. The summed E-state index contributed by atoms with van der Waals surface area (Å²) in [4.78, 5) is 127. The van der Waals surface area contributed by atoms with E-state index in [0.717, 1.165) is 22.3 Å². The standard InChI is InChI=1S/C63H65FN12O13/c1-3-63(86)44-24-50-57-41(29-76(50)60(83)43(44)31-88-61(63)84)56-46(21-20-36-34(2)45(64)25-48(73-57)55(36)56)71-54(80)32-87-33-69-52(78)27-68-59(82)49(23-35-13-5-4-6-14-35)72-53(79)28-66-51(77)26-67-58(81)47(19-11-12-22-70-75-65)74-62(85)89-30-42-39-17-9-7-15-37(39)38-16-8-10-18-40(38)42/h4-10,13-18,24-25,42,46-47,49,86H,3,11-12,19-23,26-33H2,1-2H3,(H,66,77)(H,67,81)(H,68,82)(H,69,78)(H,71,80)(H,72,79)(H,74,85)/t46-,47+,49-,63-/m0/s1. The van der Waals surface area contributed by atoms with Crippen LogP contribution in [0.5, 0.6) is 0 Å². The van der Waals surface area contributed by atoms with Gasteiger partial charge in [0, 0.05) is 46.4 Å². The third-order valence-electron chi connectivity index (χ3n) is 16.6. The number of carbonyl (C=O) groups excluding carboxylic acids is 8. The second kappa shape index (κ2) is 27.3. The van der Waals surface area contributed by atoms with Crippen LogP contribution in [0.25, 0.3) is 43.9 Å². The van der Waals surface area contributed by atoms with Crippen LogP contribution in [0.4, 0.5) is 9.18 Å². The van der Waals surface area contributed by atoms with Crippen molar-refractivity contribution < 1.29 is 62.1 Å². The highest BCUT2D eigenvalue weighted by Crippen LogP contribution is 2.47. The third-order valence-corrected chi connectivity index (χ3v) is 16.6. The summed E-state index contributed by atoms with van der Waals surface area (Å²) in [6.07, 6.45) is 0.726. The summed E-state index contributed by atoms with van der Waals surface area (Å²) < 4.78 is 33.3. The van der Waals surface area contributed by atoms with E-state index in [2.05, 4.69) is 47.2 Å². The van der Waals surface area contributed by atoms with Gasteiger partial charge in [-0.1, -0.05) is 97.3 Å². The predicted octanol–water partition coefficient (Wildman–Crippen LogP) is 4.18. The highest BCUT2D eigenvalue weighted by Gasteiger charge is 2.46. The molecule has 0 unspecified atom stereocenters. The summed E-state index contributed by atoms with van der Waals surface area (Å²) in [6.45, 7) is 0.432. The Morgan fingerprint density at radius 1 is 0.831 bits per heavy atom. The van der Waals surface area contributed by atoms with Crippen molar-refractivity contribution in [3.05, 3.63) is 168 Å². The smallest absolute Gasteiger partial charge is 0.407 e. The Kier molecular flexibility index (Phi) is 19.1. The molecule has 0 radical (unpaired) electrons. The quantitative estimate of drug-likeness (QED) is 0.00994. The first-order valence-electron chi connectivity index (χ1n) is 29.2. The van der Waals surface area contributed by atoms with Crippen LogP contribution in [0, 0.1) is 12.7 Å². The van der Waals surface area contributed by atoms with Crippen LogP contribution in [0.2, 0.25) is 0 Å². The molecular weight excluding hydrogens is 1150 g/mol. The Hall–Kier alpha value is -10.0. The number of nitrogens with zero attached hydrogens (tertiary/aromatic N) is 5. The summed E-state index contributed by atoms with van der Waals surface area (Å²) in [6, 6.07) is 24.2. The molecule has 2 aliphatic heterocycles. The molecule has 4 atom stereocenters. The van der Waals surface area contributed by atoms with E-state index in [1.165, 1.54) is 10.6 Å². The molecule has 0 spiro atoms. The van der Waals surface area contributed by atoms with Gasteiger partial charge in [-0.2, -0.15) is 0 Å². The van der Waals surface area contributed by atoms with Gasteiger partial charge in [0.1, 0.15) is 44.5 Å². The zero-order chi connectivity index (χ0) is 62.9. The number of esters is 1. The van der Waals surface area contributed by atoms with Gasteiger partial charge in [-0.15, -0.1) is 0 Å². The number of hydrogen-bond acceptors (Lipinski definition) is 15. The topological polar surface area (TPSA) is 352 Å². The number of cyclic esters (lactones) is 1. The molecule has 25 nitrogen and oxygen atoms in total. The number of aliphatic hydroxyl groups is 1. The lowest BCUT2D eigenvalue weighted by Crippen LogP contribution is -2.53. The molecule has 0 saturated carbocycles. The van der Waals surface area contributed by atoms with Gasteiger partial charge in [0.25, 0.3) is 5.56 Å². The molecular formula is C63H65FN12O13. The number of carbonyl (C=O) groups is 8. The van der Waals surface area contributed by atoms with Crippen molar-refractivity contribution >= 4 is 58.4 Å². The van der Waals surface area contributed by atoms with Crippen LogP contribution in [-0.2, 0) is 79.4 Å². The molecule has 0 fully saturated rings. The second-order valence-electron chi connectivity index (χ2n) is 22.1. The van der Waals surface area contributed by atoms with Gasteiger partial charge < -0.3 is 61.1 Å². The number of alkyl carbamates (subject to hydrolysis) is 1. The molecule has 6 aromatic rings. The lowest BCUT2D eigenvalue weighted by molar-refractivity contribution is -0.172. The largest absolute Gasteiger partial charge is 0.458 e. The number of aromatic nitrogens is 2. The van der Waals surface area contributed by atoms with E-state index in [4.69, 9.17) is 24.7 Å². The fraction of sp³-hybridized carbons (Fsp3) is 0.365. The Morgan fingerprint density at radius 2 is 1.51 bits per heavy atom. The number of pyridine rings is 2. The van der Waals surface area contributed by atoms with Crippen LogP contribution in [0.15, 0.2) is 101 Å². The number of rotatable bonds is 25. The number of amides is 7. The molecule has 26 heteroatoms. The lowest BCUT2D eigenvalue weighted by Gasteiger charge is -2.31. The summed E-state index contributed by atoms with van der Waals surface area (Å²) in [5, 5.41) is 33.6. The first kappa shape index (κ1) is 62.0. The maximum atomic E-state index is 15.4. The monoisotopic (exact) mass is 1220 g/mol. The number of aryl methyl sites for hydroxylation is 1. The number of azide groups is 1. The maximum absolute atomic E-state index is 15.4. The Bertz CT molecular complexity index is 3880. The number of halogens is 1. The van der Waals surface area contributed by atoms with Crippen molar-refractivity contribution in [1.82, 2.24) is 46.8 Å². The molecule has 4 aliphatic rings. The molecule has 0 bridgehead atoms. The van der Waals surface area contributed by atoms with Crippen LogP contribution in [0.1, 0.15) is 101 Å². The molecule has 10 rings (SSSR count). The number of ether oxygens (including phenoxy) is 3. The third kappa shape index (κ3) is 13.4. The van der Waals surface area contributed by atoms with Crippen molar-refractivity contribution in [2.45, 2.75) is 102 Å². The van der Waals surface area contributed by atoms with Gasteiger partial charge in [0.15, 0.2) is 5.60 Å². The van der Waals surface area contributed by atoms with E-state index in [0.29, 0.717) is 75.8 Å². The first-order chi connectivity index (χ1) is 43.0. The van der Waals surface area contributed by atoms with Crippen molar-refractivity contribution in [3.8, 4) is 22.5 Å². The number of benzene rings is 4. The zero-order valence-electron chi connectivity index (χ0n) is 48.7. The Labute approximate surface area is 508 Å². The Morgan fingerprint density at radius 3 is 2.21 bits per heavy atom. The van der Waals surface area contributed by atoms with Gasteiger partial charge in [-0.3, -0.25) is 33.6 Å². The lowest BCUT2D eigenvalue weighted by atomic mass is 9.81. The van der Waals surface area contributed by atoms with Crippen molar-refractivity contribution in [2.75, 3.05) is 46.1 Å². The minimum Gasteiger partial charge on any atom is -0.458 e. The highest BCUT2D eigenvalue weighted by atomic mass is 19.1. The first-order valence-corrected chi connectivity index (χ1v) is 29.2. The summed E-state index contributed by atoms with van der Waals surface area (Å²) in [5.41, 5.74) is 14.5. The van der Waals surface area contributed by atoms with Gasteiger partial charge >= 0.3 is 12.1 Å². The fourth-order valence-electron chi connectivity index (χ4n) is 12.0. The number of fused-ring (bicyclic) bond motifs is 8. The van der Waals surface area contributed by atoms with Crippen LogP contribution in [-0.4, -0.2) is 120 Å². The average molecular weight is 1220 g/mol. The number of nitrogens with one attached hydrogen (secondary N) is 7. The van der Waals surface area contributed by atoms with Crippen molar-refractivity contribution in [2.24, 2.45) is 5.11 Å². The molecule has 7 amide bonds. The molecule has 8 N–H and O–H groups in total. The molecule has 0 saturated heterocycles. The summed E-state index contributed by atoms with van der Waals surface area (Å²) in [7, 11) is 0. The molecule has 89 heavy (non-hydrogen) atoms. The van der Waals surface area contributed by atoms with Crippen molar-refractivity contribution in [3.63, 3.8) is 0 Å². The highest BCUT2D eigenvalue weighted by molar-refractivity contribution is 5.96. The van der Waals surface area contributed by atoms with Crippen LogP contribution >= 0.6 is 0 Å². The molecule has 2 aromatic heterocycles. The van der Waals surface area contributed by atoms with E-state index >= 15 is 4.39 Å². The molecule has 462 valence electrons. The van der Waals surface area contributed by atoms with E-state index < -0.39 is 116 Å². The number of unbranched alkanes of at least 4 members (excludes halogenated alkanes) is 1. The van der Waals surface area contributed by atoms with E-state index in [9.17, 15) is 48.3 Å². The maximum Gasteiger partial charge on any atom is 0.407 e. The normalized spacial score (nSPS) is 16.3. The minimum absolute atomic E-state index is 0.00554. The van der Waals surface area contributed by atoms with Gasteiger partial charge in [-0.05, 0) is 95.1 Å². The van der Waals surface area contributed by atoms with Gasteiger partial charge in [0.2, 0.25) is 35.4 Å². The minimum atomic E-state index is -2.06. The predicted molar refractivity (Wildman–Crippen MR) is 318 cm³/mol.